The molecule has 0 aliphatic rings. The second-order valence-corrected chi connectivity index (χ2v) is 3.67. The van der Waals surface area contributed by atoms with Crippen molar-refractivity contribution in [2.45, 2.75) is 26.5 Å². The van der Waals surface area contributed by atoms with E-state index in [1.54, 1.807) is 7.11 Å². The van der Waals surface area contributed by atoms with Gasteiger partial charge in [0.1, 0.15) is 12.4 Å². The van der Waals surface area contributed by atoms with Crippen molar-refractivity contribution < 1.29 is 9.47 Å². The molecule has 0 aliphatic heterocycles. The first-order valence-electron chi connectivity index (χ1n) is 5.12. The molecule has 0 aliphatic carbocycles. The molecule has 0 amide bonds. The van der Waals surface area contributed by atoms with E-state index in [4.69, 9.17) is 15.2 Å². The minimum absolute atomic E-state index is 0.0944. The molecule has 0 fully saturated rings. The van der Waals surface area contributed by atoms with E-state index in [0.29, 0.717) is 13.2 Å². The fraction of sp³-hybridized carbons (Fsp3) is 0.500. The van der Waals surface area contributed by atoms with Crippen LogP contribution in [0.4, 0.5) is 0 Å². The highest BCUT2D eigenvalue weighted by Gasteiger charge is 2.05. The number of benzene rings is 1. The van der Waals surface area contributed by atoms with Gasteiger partial charge in [-0.2, -0.15) is 0 Å². The molecule has 0 spiro atoms. The van der Waals surface area contributed by atoms with Crippen molar-refractivity contribution >= 4 is 0 Å². The van der Waals surface area contributed by atoms with Crippen molar-refractivity contribution in [1.82, 2.24) is 0 Å². The molecule has 1 aromatic rings. The number of methoxy groups -OCH3 is 1. The number of hydrogen-bond acceptors (Lipinski definition) is 3. The number of aryl methyl sites for hydroxylation is 1. The molecule has 0 aromatic heterocycles. The number of nitrogens with two attached hydrogens (primary N) is 1. The summed E-state index contributed by atoms with van der Waals surface area (Å²) in [5.74, 6) is 0.854. The van der Waals surface area contributed by atoms with Crippen LogP contribution >= 0.6 is 0 Å². The summed E-state index contributed by atoms with van der Waals surface area (Å²) in [4.78, 5) is 0. The fourth-order valence-electron chi connectivity index (χ4n) is 1.28. The van der Waals surface area contributed by atoms with Gasteiger partial charge in [-0.15, -0.1) is 0 Å². The molecule has 84 valence electrons. The van der Waals surface area contributed by atoms with Gasteiger partial charge in [-0.1, -0.05) is 17.7 Å². The van der Waals surface area contributed by atoms with Gasteiger partial charge in [0.05, 0.1) is 6.10 Å². The third-order valence-corrected chi connectivity index (χ3v) is 2.31. The van der Waals surface area contributed by atoms with Gasteiger partial charge in [0.25, 0.3) is 0 Å². The summed E-state index contributed by atoms with van der Waals surface area (Å²) in [6.45, 7) is 5.06. The summed E-state index contributed by atoms with van der Waals surface area (Å²) in [6, 6.07) is 6.03. The normalized spacial score (nSPS) is 12.5. The van der Waals surface area contributed by atoms with E-state index in [0.717, 1.165) is 11.3 Å². The van der Waals surface area contributed by atoms with Crippen LogP contribution in [0.2, 0.25) is 0 Å². The maximum atomic E-state index is 5.65. The first-order chi connectivity index (χ1) is 7.17. The highest BCUT2D eigenvalue weighted by molar-refractivity contribution is 5.36. The Bertz CT molecular complexity index is 312. The molecule has 1 unspecified atom stereocenters. The van der Waals surface area contributed by atoms with Gasteiger partial charge in [0, 0.05) is 19.2 Å². The quantitative estimate of drug-likeness (QED) is 0.805. The van der Waals surface area contributed by atoms with Crippen LogP contribution in [0.15, 0.2) is 18.2 Å². The van der Waals surface area contributed by atoms with E-state index >= 15 is 0 Å². The Morgan fingerprint density at radius 3 is 2.73 bits per heavy atom. The standard InChI is InChI=1S/C12H19NO2/c1-9-4-5-12(11(6-9)7-13)15-8-10(2)14-3/h4-6,10H,7-8,13H2,1-3H3. The Morgan fingerprint density at radius 2 is 2.13 bits per heavy atom. The highest BCUT2D eigenvalue weighted by atomic mass is 16.5. The van der Waals surface area contributed by atoms with Gasteiger partial charge >= 0.3 is 0 Å². The van der Waals surface area contributed by atoms with Gasteiger partial charge in [0.15, 0.2) is 0 Å². The maximum Gasteiger partial charge on any atom is 0.123 e. The molecule has 15 heavy (non-hydrogen) atoms. The molecule has 3 heteroatoms. The second-order valence-electron chi connectivity index (χ2n) is 3.67. The van der Waals surface area contributed by atoms with Crippen molar-refractivity contribution in [3.05, 3.63) is 29.3 Å². The molecule has 2 N–H and O–H groups in total. The average molecular weight is 209 g/mol. The predicted octanol–water partition coefficient (Wildman–Crippen LogP) is 1.87. The van der Waals surface area contributed by atoms with E-state index < -0.39 is 0 Å². The number of hydrogen-bond donors (Lipinski definition) is 1. The Labute approximate surface area is 91.2 Å². The highest BCUT2D eigenvalue weighted by Crippen LogP contribution is 2.19. The SMILES string of the molecule is COC(C)COc1ccc(C)cc1CN. The third kappa shape index (κ3) is 3.53. The van der Waals surface area contributed by atoms with Gasteiger partial charge in [0.2, 0.25) is 0 Å². The van der Waals surface area contributed by atoms with Crippen molar-refractivity contribution in [3.63, 3.8) is 0 Å². The molecule has 1 aromatic carbocycles. The van der Waals surface area contributed by atoms with Crippen LogP contribution in [0.3, 0.4) is 0 Å². The summed E-state index contributed by atoms with van der Waals surface area (Å²) < 4.78 is 10.7. The topological polar surface area (TPSA) is 44.5 Å². The molecule has 1 atom stereocenters. The minimum Gasteiger partial charge on any atom is -0.491 e. The third-order valence-electron chi connectivity index (χ3n) is 2.31. The minimum atomic E-state index is 0.0944. The van der Waals surface area contributed by atoms with Crippen LogP contribution in [0.25, 0.3) is 0 Å². The van der Waals surface area contributed by atoms with E-state index in [9.17, 15) is 0 Å². The summed E-state index contributed by atoms with van der Waals surface area (Å²) in [5.41, 5.74) is 7.88. The zero-order valence-electron chi connectivity index (χ0n) is 9.62. The Morgan fingerprint density at radius 1 is 1.40 bits per heavy atom. The molecule has 0 saturated heterocycles. The lowest BCUT2D eigenvalue weighted by Crippen LogP contribution is -2.17. The average Bonchev–Trinajstić information content (AvgIpc) is 2.26. The van der Waals surface area contributed by atoms with E-state index in [-0.39, 0.29) is 6.10 Å². The molecule has 0 radical (unpaired) electrons. The molecule has 0 saturated carbocycles. The first kappa shape index (κ1) is 12.0. The second kappa shape index (κ2) is 5.73. The lowest BCUT2D eigenvalue weighted by molar-refractivity contribution is 0.0713. The fourth-order valence-corrected chi connectivity index (χ4v) is 1.28. The predicted molar refractivity (Wildman–Crippen MR) is 61.0 cm³/mol. The summed E-state index contributed by atoms with van der Waals surface area (Å²) in [6.07, 6.45) is 0.0944. The molecular weight excluding hydrogens is 190 g/mol. The molecule has 1 rings (SSSR count). The largest absolute Gasteiger partial charge is 0.491 e. The van der Waals surface area contributed by atoms with E-state index in [1.807, 2.05) is 32.0 Å². The number of ether oxygens (including phenoxy) is 2. The molecular formula is C12H19NO2. The van der Waals surface area contributed by atoms with Crippen molar-refractivity contribution in [3.8, 4) is 5.75 Å². The molecule has 0 bridgehead atoms. The van der Waals surface area contributed by atoms with Gasteiger partial charge in [-0.25, -0.2) is 0 Å². The first-order valence-corrected chi connectivity index (χ1v) is 5.12. The van der Waals surface area contributed by atoms with Crippen molar-refractivity contribution in [2.24, 2.45) is 5.73 Å². The molecule has 0 heterocycles. The lowest BCUT2D eigenvalue weighted by atomic mass is 10.1. The molecule has 3 nitrogen and oxygen atoms in total. The van der Waals surface area contributed by atoms with Gasteiger partial charge in [-0.3, -0.25) is 0 Å². The summed E-state index contributed by atoms with van der Waals surface area (Å²) in [7, 11) is 1.67. The zero-order chi connectivity index (χ0) is 11.3. The number of rotatable bonds is 5. The Hall–Kier alpha value is -1.06. The zero-order valence-corrected chi connectivity index (χ0v) is 9.62. The maximum absolute atomic E-state index is 5.65. The van der Waals surface area contributed by atoms with Crippen LogP contribution in [0, 0.1) is 6.92 Å². The monoisotopic (exact) mass is 209 g/mol. The van der Waals surface area contributed by atoms with Crippen LogP contribution in [-0.2, 0) is 11.3 Å². The Balaban J connectivity index is 2.67. The van der Waals surface area contributed by atoms with Crippen molar-refractivity contribution in [2.75, 3.05) is 13.7 Å². The smallest absolute Gasteiger partial charge is 0.123 e. The summed E-state index contributed by atoms with van der Waals surface area (Å²) in [5, 5.41) is 0. The van der Waals surface area contributed by atoms with E-state index in [2.05, 4.69) is 0 Å². The van der Waals surface area contributed by atoms with Crippen LogP contribution in [0.1, 0.15) is 18.1 Å². The Kier molecular flexibility index (Phi) is 4.59. The van der Waals surface area contributed by atoms with Crippen LogP contribution in [0.5, 0.6) is 5.75 Å². The van der Waals surface area contributed by atoms with Crippen molar-refractivity contribution in [1.29, 1.82) is 0 Å². The van der Waals surface area contributed by atoms with Gasteiger partial charge < -0.3 is 15.2 Å². The van der Waals surface area contributed by atoms with Crippen LogP contribution < -0.4 is 10.5 Å². The lowest BCUT2D eigenvalue weighted by Gasteiger charge is -2.14. The van der Waals surface area contributed by atoms with E-state index in [1.165, 1.54) is 5.56 Å². The summed E-state index contributed by atoms with van der Waals surface area (Å²) >= 11 is 0. The van der Waals surface area contributed by atoms with Gasteiger partial charge in [-0.05, 0) is 19.9 Å². The van der Waals surface area contributed by atoms with Crippen LogP contribution in [-0.4, -0.2) is 19.8 Å².